The van der Waals surface area contributed by atoms with Crippen LogP contribution in [0.5, 0.6) is 0 Å². The SMILES string of the molecule is Cn1cc(Nc2ncc(Cl)c(NC3COC4C(NSN5CCOCC5)COC34)n2)cn1. The van der Waals surface area contributed by atoms with E-state index in [0.717, 1.165) is 32.0 Å². The second kappa shape index (κ2) is 9.45. The molecule has 0 aliphatic carbocycles. The van der Waals surface area contributed by atoms with Gasteiger partial charge in [-0.1, -0.05) is 11.6 Å². The Labute approximate surface area is 189 Å². The average molecular weight is 469 g/mol. The van der Waals surface area contributed by atoms with Crippen molar-refractivity contribution in [3.8, 4) is 0 Å². The first kappa shape index (κ1) is 21.2. The quantitative estimate of drug-likeness (QED) is 0.507. The first-order valence-corrected chi connectivity index (χ1v) is 11.3. The van der Waals surface area contributed by atoms with Gasteiger partial charge in [0, 0.05) is 38.5 Å². The van der Waals surface area contributed by atoms with Crippen molar-refractivity contribution in [3.63, 3.8) is 0 Å². The minimum atomic E-state index is -0.0800. The maximum absolute atomic E-state index is 6.34. The molecule has 168 valence electrons. The Hall–Kier alpha value is -1.67. The Morgan fingerprint density at radius 3 is 2.68 bits per heavy atom. The highest BCUT2D eigenvalue weighted by molar-refractivity contribution is 7.95. The zero-order valence-electron chi connectivity index (χ0n) is 17.0. The molecule has 2 aromatic rings. The smallest absolute Gasteiger partial charge is 0.229 e. The van der Waals surface area contributed by atoms with E-state index >= 15 is 0 Å². The fourth-order valence-corrected chi connectivity index (χ4v) is 4.79. The van der Waals surface area contributed by atoms with E-state index < -0.39 is 0 Å². The molecular weight excluding hydrogens is 444 g/mol. The molecule has 13 heteroatoms. The Bertz CT molecular complexity index is 898. The molecule has 5 heterocycles. The van der Waals surface area contributed by atoms with Crippen molar-refractivity contribution >= 4 is 41.2 Å². The van der Waals surface area contributed by atoms with Crippen LogP contribution in [0.25, 0.3) is 0 Å². The van der Waals surface area contributed by atoms with E-state index in [2.05, 4.69) is 34.7 Å². The number of aromatic nitrogens is 4. The number of hydrogen-bond donors (Lipinski definition) is 3. The van der Waals surface area contributed by atoms with E-state index in [4.69, 9.17) is 25.8 Å². The van der Waals surface area contributed by atoms with Gasteiger partial charge in [-0.25, -0.2) is 14.0 Å². The molecule has 0 radical (unpaired) electrons. The van der Waals surface area contributed by atoms with Gasteiger partial charge in [0.2, 0.25) is 5.95 Å². The number of nitrogens with one attached hydrogen (secondary N) is 3. The van der Waals surface area contributed by atoms with Crippen LogP contribution in [-0.2, 0) is 21.3 Å². The highest BCUT2D eigenvalue weighted by atomic mass is 35.5. The van der Waals surface area contributed by atoms with Crippen LogP contribution < -0.4 is 15.4 Å². The van der Waals surface area contributed by atoms with E-state index in [1.165, 1.54) is 0 Å². The lowest BCUT2D eigenvalue weighted by atomic mass is 10.1. The first-order chi connectivity index (χ1) is 15.2. The number of morpholine rings is 1. The van der Waals surface area contributed by atoms with Gasteiger partial charge < -0.3 is 24.8 Å². The Balaban J connectivity index is 1.19. The van der Waals surface area contributed by atoms with Crippen LogP contribution >= 0.6 is 23.7 Å². The molecule has 0 amide bonds. The van der Waals surface area contributed by atoms with E-state index in [-0.39, 0.29) is 24.3 Å². The van der Waals surface area contributed by atoms with Gasteiger partial charge >= 0.3 is 0 Å². The number of aryl methyl sites for hydroxylation is 1. The average Bonchev–Trinajstić information content (AvgIpc) is 3.48. The summed E-state index contributed by atoms with van der Waals surface area (Å²) in [6.07, 6.45) is 5.01. The zero-order valence-corrected chi connectivity index (χ0v) is 18.6. The molecule has 4 unspecified atom stereocenters. The van der Waals surface area contributed by atoms with Crippen molar-refractivity contribution in [1.82, 2.24) is 28.8 Å². The molecule has 0 aromatic carbocycles. The van der Waals surface area contributed by atoms with E-state index in [0.29, 0.717) is 30.0 Å². The third-order valence-corrected chi connectivity index (χ3v) is 6.69. The summed E-state index contributed by atoms with van der Waals surface area (Å²) in [4.78, 5) is 8.76. The summed E-state index contributed by atoms with van der Waals surface area (Å²) in [5.74, 6) is 0.976. The van der Waals surface area contributed by atoms with Crippen molar-refractivity contribution < 1.29 is 14.2 Å². The fraction of sp³-hybridized carbons (Fsp3) is 0.611. The van der Waals surface area contributed by atoms with Gasteiger partial charge in [-0.2, -0.15) is 10.1 Å². The molecule has 3 aliphatic rings. The molecule has 3 fully saturated rings. The third kappa shape index (κ3) is 4.90. The molecule has 31 heavy (non-hydrogen) atoms. The van der Waals surface area contributed by atoms with Crippen molar-refractivity contribution in [2.75, 3.05) is 50.2 Å². The van der Waals surface area contributed by atoms with Crippen molar-refractivity contribution in [2.45, 2.75) is 24.3 Å². The standard InChI is InChI=1S/C18H25ClN8O3S/c1-26-8-11(6-21-26)22-18-20-7-12(19)17(24-18)23-13-9-29-16-14(10-30-15(13)16)25-31-27-2-4-28-5-3-27/h6-8,13-16,25H,2-5,9-10H2,1H3,(H2,20,22,23,24). The van der Waals surface area contributed by atoms with Gasteiger partial charge in [0.15, 0.2) is 5.82 Å². The predicted molar refractivity (Wildman–Crippen MR) is 117 cm³/mol. The lowest BCUT2D eigenvalue weighted by Gasteiger charge is -2.27. The van der Waals surface area contributed by atoms with Crippen LogP contribution in [0.2, 0.25) is 5.02 Å². The van der Waals surface area contributed by atoms with Crippen LogP contribution in [0.15, 0.2) is 18.6 Å². The summed E-state index contributed by atoms with van der Waals surface area (Å²) in [7, 11) is 1.85. The Kier molecular flexibility index (Phi) is 6.46. The maximum Gasteiger partial charge on any atom is 0.229 e. The minimum Gasteiger partial charge on any atom is -0.379 e. The van der Waals surface area contributed by atoms with E-state index in [9.17, 15) is 0 Å². The molecule has 0 saturated carbocycles. The summed E-state index contributed by atoms with van der Waals surface area (Å²) in [5, 5.41) is 11.1. The summed E-state index contributed by atoms with van der Waals surface area (Å²) >= 11 is 7.97. The minimum absolute atomic E-state index is 0.0281. The molecule has 11 nitrogen and oxygen atoms in total. The fourth-order valence-electron chi connectivity index (χ4n) is 3.82. The summed E-state index contributed by atoms with van der Waals surface area (Å²) < 4.78 is 25.0. The van der Waals surface area contributed by atoms with E-state index in [1.807, 2.05) is 13.2 Å². The molecule has 3 saturated heterocycles. The summed E-state index contributed by atoms with van der Waals surface area (Å²) in [6, 6.07) is 0.0668. The molecule has 3 N–H and O–H groups in total. The third-order valence-electron chi connectivity index (χ3n) is 5.38. The molecule has 2 aromatic heterocycles. The number of rotatable bonds is 7. The van der Waals surface area contributed by atoms with Gasteiger partial charge in [-0.05, 0) is 0 Å². The normalized spacial score (nSPS) is 28.6. The Morgan fingerprint density at radius 1 is 1.13 bits per heavy atom. The van der Waals surface area contributed by atoms with Crippen LogP contribution in [0, 0.1) is 0 Å². The first-order valence-electron chi connectivity index (χ1n) is 10.2. The lowest BCUT2D eigenvalue weighted by molar-refractivity contribution is 0.0684. The molecule has 5 rings (SSSR count). The van der Waals surface area contributed by atoms with Gasteiger partial charge in [0.25, 0.3) is 0 Å². The molecular formula is C18H25ClN8O3S. The monoisotopic (exact) mass is 468 g/mol. The zero-order chi connectivity index (χ0) is 21.2. The van der Waals surface area contributed by atoms with Gasteiger partial charge in [0.05, 0.1) is 56.6 Å². The van der Waals surface area contributed by atoms with Crippen molar-refractivity contribution in [3.05, 3.63) is 23.6 Å². The Morgan fingerprint density at radius 2 is 1.90 bits per heavy atom. The number of hydrogen-bond acceptors (Lipinski definition) is 11. The molecule has 4 atom stereocenters. The van der Waals surface area contributed by atoms with Gasteiger partial charge in [-0.15, -0.1) is 0 Å². The number of fused-ring (bicyclic) bond motifs is 1. The highest BCUT2D eigenvalue weighted by Crippen LogP contribution is 2.31. The van der Waals surface area contributed by atoms with Crippen LogP contribution in [-0.4, -0.2) is 87.9 Å². The molecule has 0 spiro atoms. The van der Waals surface area contributed by atoms with Crippen molar-refractivity contribution in [1.29, 1.82) is 0 Å². The van der Waals surface area contributed by atoms with Crippen molar-refractivity contribution in [2.24, 2.45) is 7.05 Å². The van der Waals surface area contributed by atoms with Gasteiger partial charge in [-0.3, -0.25) is 4.68 Å². The second-order valence-electron chi connectivity index (χ2n) is 7.62. The number of anilines is 3. The van der Waals surface area contributed by atoms with Crippen LogP contribution in [0.3, 0.4) is 0 Å². The molecule has 3 aliphatic heterocycles. The number of halogens is 1. The molecule has 0 bridgehead atoms. The summed E-state index contributed by atoms with van der Waals surface area (Å²) in [5.41, 5.74) is 0.797. The number of ether oxygens (including phenoxy) is 3. The van der Waals surface area contributed by atoms with Gasteiger partial charge in [0.1, 0.15) is 17.2 Å². The summed E-state index contributed by atoms with van der Waals surface area (Å²) in [6.45, 7) is 4.46. The second-order valence-corrected chi connectivity index (χ2v) is 8.96. The topological polar surface area (TPSA) is 111 Å². The van der Waals surface area contributed by atoms with Crippen LogP contribution in [0.4, 0.5) is 17.5 Å². The largest absolute Gasteiger partial charge is 0.379 e. The van der Waals surface area contributed by atoms with Crippen LogP contribution in [0.1, 0.15) is 0 Å². The number of nitrogens with zero attached hydrogens (tertiary/aromatic N) is 5. The maximum atomic E-state index is 6.34. The van der Waals surface area contributed by atoms with E-state index in [1.54, 1.807) is 29.2 Å². The lowest BCUT2D eigenvalue weighted by Crippen LogP contribution is -2.42. The predicted octanol–water partition coefficient (Wildman–Crippen LogP) is 1.04. The highest BCUT2D eigenvalue weighted by Gasteiger charge is 2.48.